The second kappa shape index (κ2) is 9.26. The lowest BCUT2D eigenvalue weighted by molar-refractivity contribution is 0.0957. The van der Waals surface area contributed by atoms with E-state index in [1.165, 1.54) is 5.56 Å². The van der Waals surface area contributed by atoms with Gasteiger partial charge in [-0.3, -0.25) is 9.69 Å². The van der Waals surface area contributed by atoms with Gasteiger partial charge in [0.15, 0.2) is 0 Å². The van der Waals surface area contributed by atoms with Crippen molar-refractivity contribution in [2.45, 2.75) is 39.2 Å². The molecule has 3 aromatic rings. The number of pyridine rings is 1. The predicted octanol–water partition coefficient (Wildman–Crippen LogP) is 4.65. The van der Waals surface area contributed by atoms with Crippen LogP contribution >= 0.6 is 0 Å². The Bertz CT molecular complexity index is 961. The molecule has 1 saturated heterocycles. The predicted molar refractivity (Wildman–Crippen MR) is 119 cm³/mol. The van der Waals surface area contributed by atoms with Gasteiger partial charge in [-0.05, 0) is 56.9 Å². The summed E-state index contributed by atoms with van der Waals surface area (Å²) >= 11 is 0. The minimum absolute atomic E-state index is 0.0224. The maximum atomic E-state index is 13.5. The molecule has 0 spiro atoms. The zero-order valence-electron chi connectivity index (χ0n) is 17.8. The van der Waals surface area contributed by atoms with E-state index in [2.05, 4.69) is 40.2 Å². The second-order valence-electron chi connectivity index (χ2n) is 8.00. The Hall–Kier alpha value is -2.92. The minimum Gasteiger partial charge on any atom is -0.466 e. The first-order valence-corrected chi connectivity index (χ1v) is 10.7. The number of nitrogens with zero attached hydrogens (tertiary/aromatic N) is 3. The summed E-state index contributed by atoms with van der Waals surface area (Å²) in [5.74, 6) is 2.11. The molecule has 0 aliphatic carbocycles. The number of piperidine rings is 1. The maximum Gasteiger partial charge on any atom is 0.263 e. The molecule has 2 aromatic heterocycles. The summed E-state index contributed by atoms with van der Waals surface area (Å²) in [5, 5.41) is 0. The highest BCUT2D eigenvalue weighted by Gasteiger charge is 2.32. The van der Waals surface area contributed by atoms with Crippen LogP contribution < -0.4 is 4.90 Å². The highest BCUT2D eigenvalue weighted by molar-refractivity contribution is 6.06. The quantitative estimate of drug-likeness (QED) is 0.601. The van der Waals surface area contributed by atoms with Gasteiger partial charge in [0.2, 0.25) is 0 Å². The second-order valence-corrected chi connectivity index (χ2v) is 8.00. The number of likely N-dealkylation sites (tertiary alicyclic amines) is 1. The normalized spacial score (nSPS) is 15.3. The first kappa shape index (κ1) is 20.4. The third-order valence-electron chi connectivity index (χ3n) is 5.87. The fourth-order valence-corrected chi connectivity index (χ4v) is 4.26. The first-order valence-electron chi connectivity index (χ1n) is 10.7. The Morgan fingerprint density at radius 3 is 2.47 bits per heavy atom. The summed E-state index contributed by atoms with van der Waals surface area (Å²) in [6.45, 7) is 6.74. The minimum atomic E-state index is -0.0224. The van der Waals surface area contributed by atoms with E-state index in [0.29, 0.717) is 17.1 Å². The van der Waals surface area contributed by atoms with Crippen molar-refractivity contribution >= 4 is 11.7 Å². The number of hydrogen-bond donors (Lipinski definition) is 0. The van der Waals surface area contributed by atoms with E-state index in [9.17, 15) is 4.79 Å². The van der Waals surface area contributed by atoms with E-state index in [0.717, 1.165) is 44.7 Å². The Labute approximate surface area is 178 Å². The molecule has 0 unspecified atom stereocenters. The van der Waals surface area contributed by atoms with Crippen LogP contribution in [0.2, 0.25) is 0 Å². The molecule has 1 aliphatic rings. The maximum absolute atomic E-state index is 13.5. The van der Waals surface area contributed by atoms with Gasteiger partial charge < -0.3 is 9.32 Å². The monoisotopic (exact) mass is 403 g/mol. The summed E-state index contributed by atoms with van der Waals surface area (Å²) in [4.78, 5) is 22.4. The zero-order chi connectivity index (χ0) is 20.9. The summed E-state index contributed by atoms with van der Waals surface area (Å²) < 4.78 is 5.62. The lowest BCUT2D eigenvalue weighted by Crippen LogP contribution is -2.48. The van der Waals surface area contributed by atoms with Crippen LogP contribution in [-0.2, 0) is 6.42 Å². The highest BCUT2D eigenvalue weighted by atomic mass is 16.3. The van der Waals surface area contributed by atoms with E-state index in [1.54, 1.807) is 6.20 Å². The number of rotatable bonds is 6. The van der Waals surface area contributed by atoms with E-state index < -0.39 is 0 Å². The first-order chi connectivity index (χ1) is 14.6. The van der Waals surface area contributed by atoms with Gasteiger partial charge >= 0.3 is 0 Å². The summed E-state index contributed by atoms with van der Waals surface area (Å²) in [5.41, 5.74) is 2.00. The van der Waals surface area contributed by atoms with Crippen LogP contribution in [0, 0.1) is 13.8 Å². The summed E-state index contributed by atoms with van der Waals surface area (Å²) in [6, 6.07) is 18.3. The SMILES string of the molecule is Cc1cc(C(=O)N(c2ccccn2)C2CCN(CCc3ccccc3)CC2)c(C)o1. The van der Waals surface area contributed by atoms with Gasteiger partial charge in [0.05, 0.1) is 5.56 Å². The third-order valence-corrected chi connectivity index (χ3v) is 5.87. The van der Waals surface area contributed by atoms with Crippen LogP contribution in [-0.4, -0.2) is 41.5 Å². The Balaban J connectivity index is 1.46. The largest absolute Gasteiger partial charge is 0.466 e. The molecule has 156 valence electrons. The zero-order valence-corrected chi connectivity index (χ0v) is 17.8. The lowest BCUT2D eigenvalue weighted by atomic mass is 10.0. The van der Waals surface area contributed by atoms with Gasteiger partial charge in [-0.15, -0.1) is 0 Å². The number of furan rings is 1. The van der Waals surface area contributed by atoms with Crippen LogP contribution in [0.15, 0.2) is 65.2 Å². The van der Waals surface area contributed by atoms with Crippen LogP contribution in [0.25, 0.3) is 0 Å². The highest BCUT2D eigenvalue weighted by Crippen LogP contribution is 2.26. The van der Waals surface area contributed by atoms with Crippen molar-refractivity contribution in [1.82, 2.24) is 9.88 Å². The molecular weight excluding hydrogens is 374 g/mol. The number of amides is 1. The van der Waals surface area contributed by atoms with Gasteiger partial charge in [-0.2, -0.15) is 0 Å². The molecule has 0 bridgehead atoms. The molecule has 1 aromatic carbocycles. The van der Waals surface area contributed by atoms with E-state index in [-0.39, 0.29) is 11.9 Å². The van der Waals surface area contributed by atoms with Crippen molar-refractivity contribution in [2.24, 2.45) is 0 Å². The topological polar surface area (TPSA) is 49.6 Å². The van der Waals surface area contributed by atoms with Crippen molar-refractivity contribution in [3.63, 3.8) is 0 Å². The fraction of sp³-hybridized carbons (Fsp3) is 0.360. The average Bonchev–Trinajstić information content (AvgIpc) is 3.13. The summed E-state index contributed by atoms with van der Waals surface area (Å²) in [6.07, 6.45) is 4.68. The number of aromatic nitrogens is 1. The molecule has 0 saturated carbocycles. The number of hydrogen-bond acceptors (Lipinski definition) is 4. The van der Waals surface area contributed by atoms with Gasteiger partial charge in [-0.1, -0.05) is 36.4 Å². The Morgan fingerprint density at radius 1 is 1.10 bits per heavy atom. The van der Waals surface area contributed by atoms with Crippen molar-refractivity contribution in [3.8, 4) is 0 Å². The van der Waals surface area contributed by atoms with Crippen LogP contribution in [0.5, 0.6) is 0 Å². The molecule has 0 atom stereocenters. The van der Waals surface area contributed by atoms with E-state index in [1.807, 2.05) is 43.0 Å². The van der Waals surface area contributed by atoms with E-state index >= 15 is 0 Å². The van der Waals surface area contributed by atoms with Crippen molar-refractivity contribution in [2.75, 3.05) is 24.5 Å². The molecule has 30 heavy (non-hydrogen) atoms. The molecule has 1 aliphatic heterocycles. The lowest BCUT2D eigenvalue weighted by Gasteiger charge is -2.38. The van der Waals surface area contributed by atoms with Crippen molar-refractivity contribution in [1.29, 1.82) is 0 Å². The number of benzene rings is 1. The van der Waals surface area contributed by atoms with Gasteiger partial charge in [0, 0.05) is 31.9 Å². The molecular formula is C25H29N3O2. The standard InChI is InChI=1S/C25H29N3O2/c1-19-18-23(20(2)30-19)25(29)28(24-10-6-7-14-26-24)22-12-16-27(17-13-22)15-11-21-8-4-3-5-9-21/h3-10,14,18,22H,11-13,15-17H2,1-2H3. The van der Waals surface area contributed by atoms with Crippen molar-refractivity contribution < 1.29 is 9.21 Å². The molecule has 0 radical (unpaired) electrons. The fourth-order valence-electron chi connectivity index (χ4n) is 4.26. The molecule has 5 heteroatoms. The molecule has 0 N–H and O–H groups in total. The van der Waals surface area contributed by atoms with Crippen LogP contribution in [0.3, 0.4) is 0 Å². The molecule has 3 heterocycles. The molecule has 1 amide bonds. The Morgan fingerprint density at radius 2 is 1.83 bits per heavy atom. The molecule has 5 nitrogen and oxygen atoms in total. The Kier molecular flexibility index (Phi) is 6.29. The number of carbonyl (C=O) groups excluding carboxylic acids is 1. The van der Waals surface area contributed by atoms with Gasteiger partial charge in [-0.25, -0.2) is 4.98 Å². The number of anilines is 1. The van der Waals surface area contributed by atoms with Gasteiger partial charge in [0.1, 0.15) is 17.3 Å². The summed E-state index contributed by atoms with van der Waals surface area (Å²) in [7, 11) is 0. The third kappa shape index (κ3) is 4.62. The van der Waals surface area contributed by atoms with E-state index in [4.69, 9.17) is 4.42 Å². The molecule has 1 fully saturated rings. The number of aryl methyl sites for hydroxylation is 2. The van der Waals surface area contributed by atoms with Gasteiger partial charge in [0.25, 0.3) is 5.91 Å². The molecule has 4 rings (SSSR count). The van der Waals surface area contributed by atoms with Crippen LogP contribution in [0.1, 0.15) is 40.3 Å². The average molecular weight is 404 g/mol. The smallest absolute Gasteiger partial charge is 0.263 e. The van der Waals surface area contributed by atoms with Crippen molar-refractivity contribution in [3.05, 3.63) is 83.4 Å². The van der Waals surface area contributed by atoms with Crippen LogP contribution in [0.4, 0.5) is 5.82 Å². The number of carbonyl (C=O) groups is 1.